The highest BCUT2D eigenvalue weighted by atomic mass is 35.5. The Labute approximate surface area is 134 Å². The highest BCUT2D eigenvalue weighted by Crippen LogP contribution is 2.26. The molecule has 1 aromatic carbocycles. The summed E-state index contributed by atoms with van der Waals surface area (Å²) in [6.45, 7) is 4.74. The van der Waals surface area contributed by atoms with Crippen molar-refractivity contribution in [3.05, 3.63) is 29.8 Å². The van der Waals surface area contributed by atoms with Gasteiger partial charge in [-0.2, -0.15) is 0 Å². The predicted octanol–water partition coefficient (Wildman–Crippen LogP) is 1.64. The van der Waals surface area contributed by atoms with E-state index in [-0.39, 0.29) is 18.2 Å². The molecule has 0 unspecified atom stereocenters. The molecule has 2 aliphatic heterocycles. The van der Waals surface area contributed by atoms with Crippen LogP contribution in [0.25, 0.3) is 0 Å². The highest BCUT2D eigenvalue weighted by Gasteiger charge is 2.34. The first-order chi connectivity index (χ1) is 10.6. The monoisotopic (exact) mass is 322 g/mol. The molecular formula is C16H19ClN2O3. The van der Waals surface area contributed by atoms with Gasteiger partial charge in [-0.3, -0.25) is 14.5 Å². The summed E-state index contributed by atoms with van der Waals surface area (Å²) >= 11 is 5.50. The third kappa shape index (κ3) is 3.48. The van der Waals surface area contributed by atoms with E-state index >= 15 is 0 Å². The van der Waals surface area contributed by atoms with E-state index in [1.54, 1.807) is 4.90 Å². The summed E-state index contributed by atoms with van der Waals surface area (Å²) < 4.78 is 5.34. The lowest BCUT2D eigenvalue weighted by atomic mass is 10.1. The van der Waals surface area contributed by atoms with E-state index in [4.69, 9.17) is 16.3 Å². The quantitative estimate of drug-likeness (QED) is 0.791. The van der Waals surface area contributed by atoms with Crippen molar-refractivity contribution in [2.24, 2.45) is 5.92 Å². The number of carbonyl (C=O) groups is 2. The minimum Gasteiger partial charge on any atom is -0.379 e. The molecule has 2 saturated heterocycles. The summed E-state index contributed by atoms with van der Waals surface area (Å²) in [5.74, 6) is -0.429. The van der Waals surface area contributed by atoms with Crippen molar-refractivity contribution in [3.63, 3.8) is 0 Å². The van der Waals surface area contributed by atoms with Crippen LogP contribution in [0, 0.1) is 5.92 Å². The number of nitrogens with zero attached hydrogens (tertiary/aromatic N) is 2. The Morgan fingerprint density at radius 2 is 1.91 bits per heavy atom. The Kier molecular flexibility index (Phi) is 4.76. The first-order valence-electron chi connectivity index (χ1n) is 7.52. The molecule has 0 bridgehead atoms. The van der Waals surface area contributed by atoms with Gasteiger partial charge in [-0.15, -0.1) is 0 Å². The molecule has 5 nitrogen and oxygen atoms in total. The number of carbonyl (C=O) groups excluding carboxylic acids is 2. The van der Waals surface area contributed by atoms with Crippen LogP contribution >= 0.6 is 11.6 Å². The molecule has 2 heterocycles. The predicted molar refractivity (Wildman–Crippen MR) is 83.9 cm³/mol. The number of halogens is 1. The summed E-state index contributed by atoms with van der Waals surface area (Å²) in [6, 6.07) is 7.95. The minimum atomic E-state index is -0.431. The first kappa shape index (κ1) is 15.5. The molecule has 3 rings (SSSR count). The molecule has 0 aromatic heterocycles. The Balaban J connectivity index is 1.64. The van der Waals surface area contributed by atoms with Gasteiger partial charge in [0, 0.05) is 38.3 Å². The first-order valence-corrected chi connectivity index (χ1v) is 7.90. The Bertz CT molecular complexity index is 555. The van der Waals surface area contributed by atoms with Crippen LogP contribution in [0.4, 0.5) is 5.69 Å². The van der Waals surface area contributed by atoms with Gasteiger partial charge < -0.3 is 9.64 Å². The molecule has 22 heavy (non-hydrogen) atoms. The highest BCUT2D eigenvalue weighted by molar-refractivity contribution is 6.64. The number of hydrogen-bond donors (Lipinski definition) is 0. The molecule has 0 radical (unpaired) electrons. The largest absolute Gasteiger partial charge is 0.379 e. The van der Waals surface area contributed by atoms with Crippen molar-refractivity contribution in [3.8, 4) is 0 Å². The van der Waals surface area contributed by atoms with Crippen LogP contribution in [-0.2, 0) is 20.9 Å². The van der Waals surface area contributed by atoms with Crippen LogP contribution < -0.4 is 4.90 Å². The number of anilines is 1. The van der Waals surface area contributed by atoms with Gasteiger partial charge in [0.05, 0.1) is 19.1 Å². The lowest BCUT2D eigenvalue weighted by Crippen LogP contribution is -2.35. The van der Waals surface area contributed by atoms with Crippen LogP contribution in [0.5, 0.6) is 0 Å². The molecule has 1 amide bonds. The van der Waals surface area contributed by atoms with Crippen LogP contribution in [-0.4, -0.2) is 48.9 Å². The van der Waals surface area contributed by atoms with Gasteiger partial charge in [-0.1, -0.05) is 12.1 Å². The zero-order valence-electron chi connectivity index (χ0n) is 12.3. The van der Waals surface area contributed by atoms with Gasteiger partial charge in [0.1, 0.15) is 0 Å². The summed E-state index contributed by atoms with van der Waals surface area (Å²) in [5, 5.41) is -0.431. The van der Waals surface area contributed by atoms with Gasteiger partial charge in [-0.25, -0.2) is 0 Å². The molecule has 2 fully saturated rings. The third-order valence-electron chi connectivity index (χ3n) is 4.20. The van der Waals surface area contributed by atoms with Crippen molar-refractivity contribution < 1.29 is 14.3 Å². The van der Waals surface area contributed by atoms with Crippen molar-refractivity contribution in [1.82, 2.24) is 4.90 Å². The van der Waals surface area contributed by atoms with Crippen LogP contribution in [0.3, 0.4) is 0 Å². The van der Waals surface area contributed by atoms with Gasteiger partial charge >= 0.3 is 0 Å². The van der Waals surface area contributed by atoms with Crippen LogP contribution in [0.15, 0.2) is 24.3 Å². The maximum Gasteiger partial charge on any atom is 0.227 e. The second-order valence-corrected chi connectivity index (χ2v) is 6.14. The lowest BCUT2D eigenvalue weighted by Gasteiger charge is -2.26. The fraction of sp³-hybridized carbons (Fsp3) is 0.500. The molecule has 0 saturated carbocycles. The van der Waals surface area contributed by atoms with E-state index in [9.17, 15) is 9.59 Å². The summed E-state index contributed by atoms with van der Waals surface area (Å²) in [6.07, 6.45) is 0.206. The number of hydrogen-bond acceptors (Lipinski definition) is 4. The van der Waals surface area contributed by atoms with E-state index < -0.39 is 5.24 Å². The van der Waals surface area contributed by atoms with Crippen molar-refractivity contribution in [2.45, 2.75) is 13.0 Å². The second kappa shape index (κ2) is 6.77. The summed E-state index contributed by atoms with van der Waals surface area (Å²) in [4.78, 5) is 27.2. The summed E-state index contributed by atoms with van der Waals surface area (Å²) in [7, 11) is 0. The van der Waals surface area contributed by atoms with Gasteiger partial charge in [0.25, 0.3) is 0 Å². The van der Waals surface area contributed by atoms with Gasteiger partial charge in [0.15, 0.2) is 0 Å². The molecular weight excluding hydrogens is 304 g/mol. The van der Waals surface area contributed by atoms with E-state index in [2.05, 4.69) is 4.90 Å². The topological polar surface area (TPSA) is 49.9 Å². The van der Waals surface area contributed by atoms with Crippen molar-refractivity contribution >= 4 is 28.4 Å². The zero-order valence-corrected chi connectivity index (χ0v) is 13.1. The van der Waals surface area contributed by atoms with Crippen molar-refractivity contribution in [2.75, 3.05) is 37.7 Å². The number of benzene rings is 1. The van der Waals surface area contributed by atoms with Crippen molar-refractivity contribution in [1.29, 1.82) is 0 Å². The zero-order chi connectivity index (χ0) is 15.5. The number of rotatable bonds is 4. The average molecular weight is 323 g/mol. The van der Waals surface area contributed by atoms with E-state index in [0.717, 1.165) is 38.5 Å². The molecule has 0 N–H and O–H groups in total. The van der Waals surface area contributed by atoms with Gasteiger partial charge in [-0.05, 0) is 29.3 Å². The van der Waals surface area contributed by atoms with E-state index in [1.165, 1.54) is 5.56 Å². The number of ether oxygens (including phenoxy) is 1. The lowest BCUT2D eigenvalue weighted by molar-refractivity contribution is -0.120. The number of amides is 1. The van der Waals surface area contributed by atoms with E-state index in [0.29, 0.717) is 6.54 Å². The van der Waals surface area contributed by atoms with Crippen LogP contribution in [0.2, 0.25) is 0 Å². The Morgan fingerprint density at radius 1 is 1.23 bits per heavy atom. The normalized spacial score (nSPS) is 23.0. The Morgan fingerprint density at radius 3 is 2.50 bits per heavy atom. The summed E-state index contributed by atoms with van der Waals surface area (Å²) in [5.41, 5.74) is 2.04. The standard InChI is InChI=1S/C16H19ClN2O3/c17-16(21)13-9-15(20)19(11-13)14-3-1-12(2-4-14)10-18-5-7-22-8-6-18/h1-4,13H,5-11H2/t13-/m0/s1. The fourth-order valence-corrected chi connectivity index (χ4v) is 3.05. The smallest absolute Gasteiger partial charge is 0.227 e. The van der Waals surface area contributed by atoms with Crippen LogP contribution in [0.1, 0.15) is 12.0 Å². The van der Waals surface area contributed by atoms with E-state index in [1.807, 2.05) is 24.3 Å². The fourth-order valence-electron chi connectivity index (χ4n) is 2.91. The minimum absolute atomic E-state index is 0.0417. The SMILES string of the molecule is O=C(Cl)[C@H]1CC(=O)N(c2ccc(CN3CCOCC3)cc2)C1. The molecule has 1 atom stereocenters. The average Bonchev–Trinajstić information content (AvgIpc) is 2.91. The maximum atomic E-state index is 12.0. The molecule has 0 spiro atoms. The second-order valence-electron chi connectivity index (χ2n) is 5.76. The molecule has 118 valence electrons. The molecule has 2 aliphatic rings. The van der Waals surface area contributed by atoms with Gasteiger partial charge in [0.2, 0.25) is 11.1 Å². The molecule has 0 aliphatic carbocycles. The molecule has 6 heteroatoms. The maximum absolute atomic E-state index is 12.0. The molecule has 1 aromatic rings. The number of morpholine rings is 1. The Hall–Kier alpha value is -1.43. The third-order valence-corrected chi connectivity index (χ3v) is 4.51.